The van der Waals surface area contributed by atoms with Gasteiger partial charge in [0.1, 0.15) is 0 Å². The Bertz CT molecular complexity index is 1020. The van der Waals surface area contributed by atoms with Crippen LogP contribution in [0, 0.1) is 0 Å². The lowest BCUT2D eigenvalue weighted by Crippen LogP contribution is -2.45. The van der Waals surface area contributed by atoms with Crippen LogP contribution in [0.1, 0.15) is 373 Å². The summed E-state index contributed by atoms with van der Waals surface area (Å²) in [4.78, 5) is 12.5. The molecule has 0 radical (unpaired) electrons. The molecule has 4 nitrogen and oxygen atoms in total. The molecule has 2 unspecified atom stereocenters. The molecule has 0 saturated carbocycles. The van der Waals surface area contributed by atoms with Gasteiger partial charge in [0, 0.05) is 6.42 Å². The third-order valence-corrected chi connectivity index (χ3v) is 15.4. The molecule has 1 amide bonds. The van der Waals surface area contributed by atoms with E-state index in [0.717, 1.165) is 32.1 Å². The molecule has 70 heavy (non-hydrogen) atoms. The van der Waals surface area contributed by atoms with Crippen LogP contribution < -0.4 is 5.32 Å². The van der Waals surface area contributed by atoms with Gasteiger partial charge in [-0.2, -0.15) is 0 Å². The van der Waals surface area contributed by atoms with E-state index in [1.807, 2.05) is 6.08 Å². The molecule has 0 aliphatic heterocycles. The van der Waals surface area contributed by atoms with Crippen molar-refractivity contribution < 1.29 is 15.0 Å². The second kappa shape index (κ2) is 62.2. The van der Waals surface area contributed by atoms with Crippen molar-refractivity contribution in [2.24, 2.45) is 0 Å². The van der Waals surface area contributed by atoms with Gasteiger partial charge in [0.05, 0.1) is 18.8 Å². The molecule has 0 heterocycles. The number of carbonyl (C=O) groups excluding carboxylic acids is 1. The van der Waals surface area contributed by atoms with Gasteiger partial charge in [-0.25, -0.2) is 0 Å². The summed E-state index contributed by atoms with van der Waals surface area (Å²) in [5.41, 5.74) is 0. The highest BCUT2D eigenvalue weighted by Crippen LogP contribution is 2.19. The van der Waals surface area contributed by atoms with Crippen molar-refractivity contribution in [2.45, 2.75) is 386 Å². The van der Waals surface area contributed by atoms with Crippen LogP contribution in [0.5, 0.6) is 0 Å². The van der Waals surface area contributed by atoms with E-state index >= 15 is 0 Å². The van der Waals surface area contributed by atoms with E-state index in [-0.39, 0.29) is 12.5 Å². The average molecular weight is 985 g/mol. The van der Waals surface area contributed by atoms with E-state index in [4.69, 9.17) is 0 Å². The molecule has 0 saturated heterocycles. The van der Waals surface area contributed by atoms with Crippen molar-refractivity contribution in [2.75, 3.05) is 6.61 Å². The fraction of sp³-hybridized carbons (Fsp3) is 0.924. The van der Waals surface area contributed by atoms with E-state index in [1.165, 1.54) is 321 Å². The minimum absolute atomic E-state index is 0.0661. The maximum Gasteiger partial charge on any atom is 0.220 e. The first-order chi connectivity index (χ1) is 34.7. The van der Waals surface area contributed by atoms with Crippen LogP contribution in [0.2, 0.25) is 0 Å². The zero-order valence-corrected chi connectivity index (χ0v) is 48.1. The lowest BCUT2D eigenvalue weighted by molar-refractivity contribution is -0.123. The minimum Gasteiger partial charge on any atom is -0.394 e. The Kier molecular flexibility index (Phi) is 61.2. The first-order valence-corrected chi connectivity index (χ1v) is 32.6. The molecular formula is C66H129NO3. The number of carbonyl (C=O) groups is 1. The van der Waals surface area contributed by atoms with Crippen molar-refractivity contribution in [3.05, 3.63) is 24.3 Å². The van der Waals surface area contributed by atoms with Gasteiger partial charge in [-0.3, -0.25) is 4.79 Å². The third kappa shape index (κ3) is 57.8. The standard InChI is InChI=1S/C66H129NO3/c1-3-5-7-9-11-13-15-17-19-21-22-23-24-25-26-27-28-29-30-31-32-33-34-35-36-37-38-39-40-41-42-43-44-46-48-50-52-54-56-58-60-62-66(70)67-64(63-68)65(69)61-59-57-55-53-51-49-47-45-20-18-16-14-12-10-8-6-4-2/h51,53,59,61,64-65,68-69H,3-50,52,54-58,60,62-63H2,1-2H3,(H,67,70)/b53-51+,61-59+. The zero-order valence-electron chi connectivity index (χ0n) is 48.1. The highest BCUT2D eigenvalue weighted by atomic mass is 16.3. The molecule has 0 aromatic rings. The monoisotopic (exact) mass is 984 g/mol. The number of hydrogen-bond acceptors (Lipinski definition) is 3. The molecule has 4 heteroatoms. The predicted molar refractivity (Wildman–Crippen MR) is 313 cm³/mol. The number of unbranched alkanes of at least 4 members (excludes halogenated alkanes) is 52. The summed E-state index contributed by atoms with van der Waals surface area (Å²) >= 11 is 0. The summed E-state index contributed by atoms with van der Waals surface area (Å²) in [5.74, 6) is -0.0661. The Morgan fingerprint density at radius 1 is 0.329 bits per heavy atom. The number of rotatable bonds is 61. The predicted octanol–water partition coefficient (Wildman–Crippen LogP) is 21.8. The van der Waals surface area contributed by atoms with Gasteiger partial charge in [-0.1, -0.05) is 359 Å². The van der Waals surface area contributed by atoms with Gasteiger partial charge < -0.3 is 15.5 Å². The molecule has 0 aromatic carbocycles. The van der Waals surface area contributed by atoms with E-state index in [0.29, 0.717) is 6.42 Å². The Hall–Kier alpha value is -1.13. The van der Waals surface area contributed by atoms with E-state index in [2.05, 4.69) is 31.3 Å². The van der Waals surface area contributed by atoms with E-state index < -0.39 is 12.1 Å². The van der Waals surface area contributed by atoms with Crippen molar-refractivity contribution in [3.63, 3.8) is 0 Å². The van der Waals surface area contributed by atoms with Crippen molar-refractivity contribution in [1.82, 2.24) is 5.32 Å². The van der Waals surface area contributed by atoms with Gasteiger partial charge in [-0.05, 0) is 32.1 Å². The van der Waals surface area contributed by atoms with E-state index in [9.17, 15) is 15.0 Å². The largest absolute Gasteiger partial charge is 0.394 e. The summed E-state index contributed by atoms with van der Waals surface area (Å²) in [6.45, 7) is 4.34. The summed E-state index contributed by atoms with van der Waals surface area (Å²) in [6, 6.07) is -0.636. The Balaban J connectivity index is 3.36. The molecule has 0 spiro atoms. The smallest absolute Gasteiger partial charge is 0.220 e. The second-order valence-electron chi connectivity index (χ2n) is 22.5. The highest BCUT2D eigenvalue weighted by molar-refractivity contribution is 5.76. The normalized spacial score (nSPS) is 12.8. The molecule has 0 aromatic heterocycles. The number of nitrogens with one attached hydrogen (secondary N) is 1. The molecule has 0 aliphatic carbocycles. The van der Waals surface area contributed by atoms with Gasteiger partial charge in [0.2, 0.25) is 5.91 Å². The molecule has 2 atom stereocenters. The maximum absolute atomic E-state index is 12.5. The summed E-state index contributed by atoms with van der Waals surface area (Å²) in [6.07, 6.45) is 84.1. The summed E-state index contributed by atoms with van der Waals surface area (Å²) in [7, 11) is 0. The van der Waals surface area contributed by atoms with Crippen molar-refractivity contribution >= 4 is 5.91 Å². The average Bonchev–Trinajstić information content (AvgIpc) is 3.36. The first kappa shape index (κ1) is 68.9. The van der Waals surface area contributed by atoms with Crippen LogP contribution >= 0.6 is 0 Å². The topological polar surface area (TPSA) is 69.6 Å². The number of aliphatic hydroxyl groups excluding tert-OH is 2. The Morgan fingerprint density at radius 3 is 0.829 bits per heavy atom. The zero-order chi connectivity index (χ0) is 50.6. The quantitative estimate of drug-likeness (QED) is 0.0420. The van der Waals surface area contributed by atoms with Crippen LogP contribution in [0.25, 0.3) is 0 Å². The highest BCUT2D eigenvalue weighted by Gasteiger charge is 2.18. The fourth-order valence-corrected chi connectivity index (χ4v) is 10.5. The van der Waals surface area contributed by atoms with Crippen molar-refractivity contribution in [3.8, 4) is 0 Å². The van der Waals surface area contributed by atoms with Gasteiger partial charge >= 0.3 is 0 Å². The van der Waals surface area contributed by atoms with Gasteiger partial charge in [0.25, 0.3) is 0 Å². The Labute approximate surface area is 440 Å². The summed E-state index contributed by atoms with van der Waals surface area (Å²) < 4.78 is 0. The first-order valence-electron chi connectivity index (χ1n) is 32.6. The lowest BCUT2D eigenvalue weighted by atomic mass is 10.0. The number of allylic oxidation sites excluding steroid dienone is 3. The lowest BCUT2D eigenvalue weighted by Gasteiger charge is -2.19. The van der Waals surface area contributed by atoms with E-state index in [1.54, 1.807) is 6.08 Å². The molecule has 0 aliphatic rings. The van der Waals surface area contributed by atoms with Crippen molar-refractivity contribution in [1.29, 1.82) is 0 Å². The van der Waals surface area contributed by atoms with Crippen LogP contribution in [-0.2, 0) is 4.79 Å². The summed E-state index contributed by atoms with van der Waals surface area (Å²) in [5, 5.41) is 23.1. The maximum atomic E-state index is 12.5. The molecule has 0 fully saturated rings. The molecule has 0 rings (SSSR count). The molecule has 0 bridgehead atoms. The van der Waals surface area contributed by atoms with Crippen LogP contribution in [0.3, 0.4) is 0 Å². The number of hydrogen-bond donors (Lipinski definition) is 3. The second-order valence-corrected chi connectivity index (χ2v) is 22.5. The minimum atomic E-state index is -0.860. The van der Waals surface area contributed by atoms with Gasteiger partial charge in [-0.15, -0.1) is 0 Å². The van der Waals surface area contributed by atoms with Crippen LogP contribution in [0.4, 0.5) is 0 Å². The van der Waals surface area contributed by atoms with Crippen LogP contribution in [-0.4, -0.2) is 34.9 Å². The molecular weight excluding hydrogens is 855 g/mol. The van der Waals surface area contributed by atoms with Gasteiger partial charge in [0.15, 0.2) is 0 Å². The third-order valence-electron chi connectivity index (χ3n) is 15.4. The number of aliphatic hydroxyl groups is 2. The molecule has 416 valence electrons. The number of amides is 1. The fourth-order valence-electron chi connectivity index (χ4n) is 10.5. The Morgan fingerprint density at radius 2 is 0.557 bits per heavy atom. The SMILES string of the molecule is CCCCCCCCCCCCC/C=C/CC/C=C/C(O)C(CO)NC(=O)CCCCCCCCCCCCCCCCCCCCCCCCCCCCCCCCCCCCCCCCCCC. The molecule has 3 N–H and O–H groups in total. The van der Waals surface area contributed by atoms with Crippen LogP contribution in [0.15, 0.2) is 24.3 Å².